The van der Waals surface area contributed by atoms with Crippen molar-refractivity contribution in [1.82, 2.24) is 10.3 Å². The third kappa shape index (κ3) is 4.03. The van der Waals surface area contributed by atoms with E-state index in [0.717, 1.165) is 13.0 Å². The van der Waals surface area contributed by atoms with E-state index in [4.69, 9.17) is 4.74 Å². The van der Waals surface area contributed by atoms with E-state index in [2.05, 4.69) is 10.3 Å². The minimum Gasteiger partial charge on any atom is -0.379 e. The molecule has 114 valence electrons. The van der Waals surface area contributed by atoms with Crippen LogP contribution >= 0.6 is 0 Å². The normalized spacial score (nSPS) is 26.1. The van der Waals surface area contributed by atoms with Crippen LogP contribution in [0.3, 0.4) is 0 Å². The van der Waals surface area contributed by atoms with Gasteiger partial charge in [0, 0.05) is 24.7 Å². The fourth-order valence-electron chi connectivity index (χ4n) is 3.52. The Hall–Kier alpha value is -1.42. The van der Waals surface area contributed by atoms with Gasteiger partial charge in [0.2, 0.25) is 5.91 Å². The van der Waals surface area contributed by atoms with Crippen LogP contribution in [-0.4, -0.2) is 30.1 Å². The second kappa shape index (κ2) is 7.03. The molecule has 21 heavy (non-hydrogen) atoms. The molecule has 1 amide bonds. The van der Waals surface area contributed by atoms with Crippen LogP contribution in [-0.2, 0) is 16.0 Å². The topological polar surface area (TPSA) is 51.2 Å². The molecule has 1 saturated heterocycles. The zero-order valence-corrected chi connectivity index (χ0v) is 12.5. The SMILES string of the molecule is O=C(CC1CCCC1)N[C@@H]1COC[C@H]1Cc1ccncc1. The first kappa shape index (κ1) is 14.5. The van der Waals surface area contributed by atoms with Gasteiger partial charge < -0.3 is 10.1 Å². The molecule has 1 aromatic rings. The molecule has 3 rings (SSSR count). The molecule has 2 atom stereocenters. The Labute approximate surface area is 126 Å². The Bertz CT molecular complexity index is 457. The lowest BCUT2D eigenvalue weighted by Gasteiger charge is -2.20. The van der Waals surface area contributed by atoms with Crippen LogP contribution in [0.5, 0.6) is 0 Å². The van der Waals surface area contributed by atoms with Crippen LogP contribution in [0.2, 0.25) is 0 Å². The molecule has 4 nitrogen and oxygen atoms in total. The van der Waals surface area contributed by atoms with E-state index in [1.165, 1.54) is 31.2 Å². The van der Waals surface area contributed by atoms with Crippen LogP contribution in [0, 0.1) is 11.8 Å². The monoisotopic (exact) mass is 288 g/mol. The number of hydrogen-bond donors (Lipinski definition) is 1. The van der Waals surface area contributed by atoms with Gasteiger partial charge in [-0.25, -0.2) is 0 Å². The average Bonchev–Trinajstić information content (AvgIpc) is 3.13. The van der Waals surface area contributed by atoms with Gasteiger partial charge in [0.05, 0.1) is 19.3 Å². The quantitative estimate of drug-likeness (QED) is 0.904. The number of aromatic nitrogens is 1. The maximum Gasteiger partial charge on any atom is 0.220 e. The number of nitrogens with one attached hydrogen (secondary N) is 1. The zero-order valence-electron chi connectivity index (χ0n) is 12.5. The van der Waals surface area contributed by atoms with E-state index >= 15 is 0 Å². The molecular weight excluding hydrogens is 264 g/mol. The molecular formula is C17H24N2O2. The Morgan fingerprint density at radius 1 is 1.24 bits per heavy atom. The van der Waals surface area contributed by atoms with Gasteiger partial charge in [-0.3, -0.25) is 9.78 Å². The molecule has 1 aromatic heterocycles. The first-order valence-corrected chi connectivity index (χ1v) is 8.07. The maximum absolute atomic E-state index is 12.2. The Morgan fingerprint density at radius 2 is 2.00 bits per heavy atom. The minimum atomic E-state index is 0.159. The molecule has 0 bridgehead atoms. The highest BCUT2D eigenvalue weighted by Crippen LogP contribution is 2.27. The lowest BCUT2D eigenvalue weighted by Crippen LogP contribution is -2.41. The molecule has 2 aliphatic rings. The van der Waals surface area contributed by atoms with E-state index in [-0.39, 0.29) is 11.9 Å². The van der Waals surface area contributed by atoms with Gasteiger partial charge >= 0.3 is 0 Å². The van der Waals surface area contributed by atoms with E-state index in [1.807, 2.05) is 24.5 Å². The molecule has 1 N–H and O–H groups in total. The number of carbonyl (C=O) groups excluding carboxylic acids is 1. The van der Waals surface area contributed by atoms with Crippen molar-refractivity contribution < 1.29 is 9.53 Å². The predicted molar refractivity (Wildman–Crippen MR) is 80.8 cm³/mol. The fraction of sp³-hybridized carbons (Fsp3) is 0.647. The van der Waals surface area contributed by atoms with Crippen molar-refractivity contribution >= 4 is 5.91 Å². The summed E-state index contributed by atoms with van der Waals surface area (Å²) < 4.78 is 5.58. The summed E-state index contributed by atoms with van der Waals surface area (Å²) in [6.07, 6.45) is 10.3. The number of carbonyl (C=O) groups is 1. The summed E-state index contributed by atoms with van der Waals surface area (Å²) >= 11 is 0. The number of pyridine rings is 1. The van der Waals surface area contributed by atoms with Crippen molar-refractivity contribution in [2.24, 2.45) is 11.8 Å². The summed E-state index contributed by atoms with van der Waals surface area (Å²) in [4.78, 5) is 16.2. The smallest absolute Gasteiger partial charge is 0.220 e. The van der Waals surface area contributed by atoms with Gasteiger partial charge in [-0.15, -0.1) is 0 Å². The van der Waals surface area contributed by atoms with Gasteiger partial charge in [0.15, 0.2) is 0 Å². The van der Waals surface area contributed by atoms with E-state index < -0.39 is 0 Å². The van der Waals surface area contributed by atoms with Crippen molar-refractivity contribution in [3.63, 3.8) is 0 Å². The predicted octanol–water partition coefficient (Wildman–Crippen LogP) is 2.34. The summed E-state index contributed by atoms with van der Waals surface area (Å²) in [5.74, 6) is 1.18. The van der Waals surface area contributed by atoms with Crippen molar-refractivity contribution in [2.75, 3.05) is 13.2 Å². The summed E-state index contributed by atoms with van der Waals surface area (Å²) in [6, 6.07) is 4.23. The van der Waals surface area contributed by atoms with Gasteiger partial charge in [0.25, 0.3) is 0 Å². The van der Waals surface area contributed by atoms with E-state index in [9.17, 15) is 4.79 Å². The highest BCUT2D eigenvalue weighted by atomic mass is 16.5. The van der Waals surface area contributed by atoms with E-state index in [0.29, 0.717) is 24.9 Å². The van der Waals surface area contributed by atoms with Crippen LogP contribution in [0.1, 0.15) is 37.7 Å². The highest BCUT2D eigenvalue weighted by Gasteiger charge is 2.30. The third-order valence-corrected chi connectivity index (χ3v) is 4.74. The molecule has 2 heterocycles. The lowest BCUT2D eigenvalue weighted by molar-refractivity contribution is -0.122. The van der Waals surface area contributed by atoms with Crippen LogP contribution in [0.25, 0.3) is 0 Å². The number of rotatable bonds is 5. The maximum atomic E-state index is 12.2. The summed E-state index contributed by atoms with van der Waals surface area (Å²) in [5, 5.41) is 3.20. The molecule has 1 aliphatic carbocycles. The number of hydrogen-bond acceptors (Lipinski definition) is 3. The standard InChI is InChI=1S/C17H24N2O2/c20-17(10-13-3-1-2-4-13)19-16-12-21-11-15(16)9-14-5-7-18-8-6-14/h5-8,13,15-16H,1-4,9-12H2,(H,19,20)/t15-,16-/m1/s1. The Balaban J connectivity index is 1.50. The molecule has 4 heteroatoms. The van der Waals surface area contributed by atoms with Gasteiger partial charge in [-0.2, -0.15) is 0 Å². The Morgan fingerprint density at radius 3 is 2.76 bits per heavy atom. The van der Waals surface area contributed by atoms with Crippen LogP contribution in [0.4, 0.5) is 0 Å². The first-order chi connectivity index (χ1) is 10.3. The third-order valence-electron chi connectivity index (χ3n) is 4.74. The van der Waals surface area contributed by atoms with Crippen molar-refractivity contribution in [3.8, 4) is 0 Å². The van der Waals surface area contributed by atoms with Gasteiger partial charge in [0.1, 0.15) is 0 Å². The lowest BCUT2D eigenvalue weighted by atomic mass is 9.95. The molecule has 0 radical (unpaired) electrons. The van der Waals surface area contributed by atoms with E-state index in [1.54, 1.807) is 0 Å². The highest BCUT2D eigenvalue weighted by molar-refractivity contribution is 5.76. The Kier molecular flexibility index (Phi) is 4.86. The van der Waals surface area contributed by atoms with Crippen LogP contribution < -0.4 is 5.32 Å². The zero-order chi connectivity index (χ0) is 14.5. The average molecular weight is 288 g/mol. The van der Waals surface area contributed by atoms with Gasteiger partial charge in [-0.05, 0) is 42.9 Å². The number of nitrogens with zero attached hydrogens (tertiary/aromatic N) is 1. The summed E-state index contributed by atoms with van der Waals surface area (Å²) in [7, 11) is 0. The summed E-state index contributed by atoms with van der Waals surface area (Å²) in [6.45, 7) is 1.38. The molecule has 2 fully saturated rings. The number of ether oxygens (including phenoxy) is 1. The fourth-order valence-corrected chi connectivity index (χ4v) is 3.52. The van der Waals surface area contributed by atoms with Crippen molar-refractivity contribution in [1.29, 1.82) is 0 Å². The minimum absolute atomic E-state index is 0.159. The molecule has 0 unspecified atom stereocenters. The van der Waals surface area contributed by atoms with Crippen LogP contribution in [0.15, 0.2) is 24.5 Å². The second-order valence-corrected chi connectivity index (χ2v) is 6.39. The largest absolute Gasteiger partial charge is 0.379 e. The first-order valence-electron chi connectivity index (χ1n) is 8.07. The molecule has 0 spiro atoms. The van der Waals surface area contributed by atoms with Crippen molar-refractivity contribution in [3.05, 3.63) is 30.1 Å². The molecule has 1 saturated carbocycles. The second-order valence-electron chi connectivity index (χ2n) is 6.39. The van der Waals surface area contributed by atoms with Gasteiger partial charge in [-0.1, -0.05) is 12.8 Å². The summed E-state index contributed by atoms with van der Waals surface area (Å²) in [5.41, 5.74) is 1.26. The molecule has 0 aromatic carbocycles. The van der Waals surface area contributed by atoms with Crippen molar-refractivity contribution in [2.45, 2.75) is 44.6 Å². The molecule has 1 aliphatic heterocycles. The number of amides is 1.